The zero-order valence-corrected chi connectivity index (χ0v) is 17.6. The second-order valence-corrected chi connectivity index (χ2v) is 8.26. The molecule has 3 aromatic rings. The van der Waals surface area contributed by atoms with Crippen LogP contribution in [-0.2, 0) is 17.9 Å². The van der Waals surface area contributed by atoms with E-state index < -0.39 is 0 Å². The van der Waals surface area contributed by atoms with Gasteiger partial charge < -0.3 is 10.1 Å². The first-order valence-electron chi connectivity index (χ1n) is 9.34. The van der Waals surface area contributed by atoms with Crippen LogP contribution in [0.3, 0.4) is 0 Å². The first-order valence-corrected chi connectivity index (χ1v) is 10.6. The van der Waals surface area contributed by atoms with Gasteiger partial charge in [-0.25, -0.2) is 4.98 Å². The predicted molar refractivity (Wildman–Crippen MR) is 114 cm³/mol. The van der Waals surface area contributed by atoms with Gasteiger partial charge in [0.1, 0.15) is 12.4 Å². The van der Waals surface area contributed by atoms with Crippen molar-refractivity contribution in [2.45, 2.75) is 39.0 Å². The number of carbonyl (C=O) groups is 1. The molecule has 0 spiro atoms. The summed E-state index contributed by atoms with van der Waals surface area (Å²) in [5.74, 6) is 1.34. The topological polar surface area (TPSA) is 84.8 Å². The monoisotopic (exact) mass is 427 g/mol. The van der Waals surface area contributed by atoms with E-state index >= 15 is 0 Å². The Hall–Kier alpha value is -2.78. The van der Waals surface area contributed by atoms with Crippen molar-refractivity contribution in [1.82, 2.24) is 25.1 Å². The van der Waals surface area contributed by atoms with Gasteiger partial charge in [0.2, 0.25) is 5.91 Å². The van der Waals surface area contributed by atoms with Crippen molar-refractivity contribution in [2.75, 3.05) is 0 Å². The second kappa shape index (κ2) is 8.71. The van der Waals surface area contributed by atoms with Crippen LogP contribution in [0, 0.1) is 11.7 Å². The Labute approximate surface area is 177 Å². The Morgan fingerprint density at radius 1 is 1.41 bits per heavy atom. The summed E-state index contributed by atoms with van der Waals surface area (Å²) in [7, 11) is 0. The van der Waals surface area contributed by atoms with Gasteiger partial charge in [-0.3, -0.25) is 14.5 Å². The Kier molecular flexibility index (Phi) is 5.86. The molecule has 0 atom stereocenters. The van der Waals surface area contributed by atoms with Crippen LogP contribution >= 0.6 is 23.6 Å². The molecule has 4 rings (SSSR count). The highest BCUT2D eigenvalue weighted by molar-refractivity contribution is 7.71. The summed E-state index contributed by atoms with van der Waals surface area (Å²) in [5.41, 5.74) is 1.84. The van der Waals surface area contributed by atoms with Gasteiger partial charge in [-0.15, -0.1) is 11.3 Å². The number of nitrogens with zero attached hydrogens (tertiary/aromatic N) is 3. The number of hydrogen-bond donors (Lipinski definition) is 2. The van der Waals surface area contributed by atoms with Gasteiger partial charge in [-0.05, 0) is 55.8 Å². The number of aromatic amines is 1. The van der Waals surface area contributed by atoms with Crippen LogP contribution in [0.2, 0.25) is 0 Å². The van der Waals surface area contributed by atoms with E-state index in [9.17, 15) is 4.79 Å². The minimum atomic E-state index is -0.180. The molecule has 1 fully saturated rings. The van der Waals surface area contributed by atoms with Gasteiger partial charge in [0.05, 0.1) is 17.2 Å². The molecule has 2 aromatic heterocycles. The summed E-state index contributed by atoms with van der Waals surface area (Å²) in [6.07, 6.45) is 5.49. The van der Waals surface area contributed by atoms with Crippen molar-refractivity contribution < 1.29 is 9.53 Å². The first kappa shape index (κ1) is 19.5. The Bertz CT molecular complexity index is 1080. The standard InChI is InChI=1S/C20H21N5O2S2/c1-13-22-15(12-29-13)11-27-17-7-2-14(3-8-17)4-9-19(26)21-10-18-23-24-20(28)25(18)16-5-6-16/h2-4,7-9,12,16H,5-6,10-11H2,1H3,(H,21,26)(H,24,28)/b9-4+. The van der Waals surface area contributed by atoms with E-state index in [1.807, 2.05) is 41.1 Å². The minimum absolute atomic E-state index is 0.180. The van der Waals surface area contributed by atoms with E-state index in [0.717, 1.165) is 40.7 Å². The van der Waals surface area contributed by atoms with Gasteiger partial charge in [0.15, 0.2) is 10.6 Å². The van der Waals surface area contributed by atoms with Crippen molar-refractivity contribution >= 4 is 35.5 Å². The molecule has 29 heavy (non-hydrogen) atoms. The summed E-state index contributed by atoms with van der Waals surface area (Å²) in [4.78, 5) is 16.5. The quantitative estimate of drug-likeness (QED) is 0.420. The largest absolute Gasteiger partial charge is 0.487 e. The molecule has 0 unspecified atom stereocenters. The lowest BCUT2D eigenvalue weighted by molar-refractivity contribution is -0.116. The molecule has 1 saturated carbocycles. The molecular weight excluding hydrogens is 406 g/mol. The van der Waals surface area contributed by atoms with Crippen molar-refractivity contribution in [1.29, 1.82) is 0 Å². The highest BCUT2D eigenvalue weighted by Crippen LogP contribution is 2.35. The SMILES string of the molecule is Cc1nc(COc2ccc(/C=C/C(=O)NCc3n[nH]c(=S)n3C3CC3)cc2)cs1. The molecule has 2 heterocycles. The summed E-state index contributed by atoms with van der Waals surface area (Å²) >= 11 is 6.86. The molecule has 150 valence electrons. The molecule has 9 heteroatoms. The fraction of sp³-hybridized carbons (Fsp3) is 0.300. The number of thiazole rings is 1. The van der Waals surface area contributed by atoms with Crippen LogP contribution in [0.5, 0.6) is 5.75 Å². The Morgan fingerprint density at radius 2 is 2.21 bits per heavy atom. The molecule has 7 nitrogen and oxygen atoms in total. The van der Waals surface area contributed by atoms with Crippen LogP contribution in [0.15, 0.2) is 35.7 Å². The third-order valence-corrected chi connectivity index (χ3v) is 5.58. The maximum absolute atomic E-state index is 12.1. The maximum atomic E-state index is 12.1. The summed E-state index contributed by atoms with van der Waals surface area (Å²) < 4.78 is 8.33. The average molecular weight is 428 g/mol. The lowest BCUT2D eigenvalue weighted by Crippen LogP contribution is -2.22. The molecule has 1 aliphatic carbocycles. The number of H-pyrrole nitrogens is 1. The molecular formula is C20H21N5O2S2. The molecule has 0 aliphatic heterocycles. The highest BCUT2D eigenvalue weighted by Gasteiger charge is 2.27. The molecule has 2 N–H and O–H groups in total. The zero-order chi connectivity index (χ0) is 20.2. The summed E-state index contributed by atoms with van der Waals surface area (Å²) in [6, 6.07) is 7.99. The molecule has 0 saturated heterocycles. The maximum Gasteiger partial charge on any atom is 0.244 e. The number of amides is 1. The number of hydrogen-bond acceptors (Lipinski definition) is 6. The predicted octanol–water partition coefficient (Wildman–Crippen LogP) is 3.95. The number of rotatable bonds is 8. The smallest absolute Gasteiger partial charge is 0.244 e. The van der Waals surface area contributed by atoms with Crippen LogP contribution in [0.4, 0.5) is 0 Å². The van der Waals surface area contributed by atoms with Crippen LogP contribution in [-0.4, -0.2) is 25.7 Å². The van der Waals surface area contributed by atoms with Crippen LogP contribution in [0.1, 0.15) is 41.0 Å². The molecule has 1 amide bonds. The van der Waals surface area contributed by atoms with Gasteiger partial charge in [-0.1, -0.05) is 12.1 Å². The highest BCUT2D eigenvalue weighted by atomic mass is 32.1. The van der Waals surface area contributed by atoms with Crippen LogP contribution < -0.4 is 10.1 Å². The van der Waals surface area contributed by atoms with Crippen molar-refractivity contribution in [3.8, 4) is 5.75 Å². The van der Waals surface area contributed by atoms with Gasteiger partial charge in [-0.2, -0.15) is 5.10 Å². The lowest BCUT2D eigenvalue weighted by Gasteiger charge is -2.05. The third kappa shape index (κ3) is 5.18. The van der Waals surface area contributed by atoms with E-state index in [0.29, 0.717) is 24.0 Å². The second-order valence-electron chi connectivity index (χ2n) is 6.81. The number of carbonyl (C=O) groups excluding carboxylic acids is 1. The molecule has 1 aromatic carbocycles. The number of aryl methyl sites for hydroxylation is 1. The first-order chi connectivity index (χ1) is 14.1. The fourth-order valence-electron chi connectivity index (χ4n) is 2.88. The van der Waals surface area contributed by atoms with Crippen LogP contribution in [0.25, 0.3) is 6.08 Å². The normalized spacial score (nSPS) is 13.7. The number of benzene rings is 1. The lowest BCUT2D eigenvalue weighted by atomic mass is 10.2. The van der Waals surface area contributed by atoms with Crippen molar-refractivity contribution in [3.05, 3.63) is 62.6 Å². The van der Waals surface area contributed by atoms with E-state index in [1.54, 1.807) is 17.4 Å². The zero-order valence-electron chi connectivity index (χ0n) is 15.9. The van der Waals surface area contributed by atoms with E-state index in [4.69, 9.17) is 17.0 Å². The van der Waals surface area contributed by atoms with Crippen molar-refractivity contribution in [2.24, 2.45) is 0 Å². The Balaban J connectivity index is 1.27. The van der Waals surface area contributed by atoms with Crippen molar-refractivity contribution in [3.63, 3.8) is 0 Å². The number of nitrogens with one attached hydrogen (secondary N) is 2. The van der Waals surface area contributed by atoms with Gasteiger partial charge in [0, 0.05) is 17.5 Å². The summed E-state index contributed by atoms with van der Waals surface area (Å²) in [6.45, 7) is 2.76. The van der Waals surface area contributed by atoms with E-state index in [-0.39, 0.29) is 5.91 Å². The number of ether oxygens (including phenoxy) is 1. The summed E-state index contributed by atoms with van der Waals surface area (Å²) in [5, 5.41) is 12.9. The average Bonchev–Trinajstić information content (AvgIpc) is 3.36. The minimum Gasteiger partial charge on any atom is -0.487 e. The van der Waals surface area contributed by atoms with Gasteiger partial charge in [0.25, 0.3) is 0 Å². The number of aromatic nitrogens is 4. The van der Waals surface area contributed by atoms with E-state index in [2.05, 4.69) is 20.5 Å². The molecule has 1 aliphatic rings. The Morgan fingerprint density at radius 3 is 2.90 bits per heavy atom. The fourth-order valence-corrected chi connectivity index (χ4v) is 3.77. The van der Waals surface area contributed by atoms with Gasteiger partial charge >= 0.3 is 0 Å². The van der Waals surface area contributed by atoms with E-state index in [1.165, 1.54) is 6.08 Å². The third-order valence-electron chi connectivity index (χ3n) is 4.47. The molecule has 0 radical (unpaired) electrons. The molecule has 0 bridgehead atoms.